The Bertz CT molecular complexity index is 768. The van der Waals surface area contributed by atoms with Crippen LogP contribution in [0.1, 0.15) is 16.1 Å². The summed E-state index contributed by atoms with van der Waals surface area (Å²) in [6.45, 7) is 4.35. The molecule has 1 aromatic heterocycles. The maximum atomic E-state index is 12.9. The predicted octanol–water partition coefficient (Wildman–Crippen LogP) is 1.49. The zero-order valence-electron chi connectivity index (χ0n) is 14.3. The first-order chi connectivity index (χ1) is 11.5. The van der Waals surface area contributed by atoms with E-state index in [1.165, 1.54) is 0 Å². The molecule has 0 unspecified atom stereocenters. The normalized spacial score (nSPS) is 19.3. The van der Waals surface area contributed by atoms with E-state index in [9.17, 15) is 9.59 Å². The summed E-state index contributed by atoms with van der Waals surface area (Å²) in [7, 11) is 3.61. The van der Waals surface area contributed by atoms with Crippen molar-refractivity contribution >= 4 is 22.8 Å². The number of furan rings is 1. The lowest BCUT2D eigenvalue weighted by molar-refractivity contribution is -0.125. The monoisotopic (exact) mass is 329 g/mol. The molecule has 6 nitrogen and oxygen atoms in total. The van der Waals surface area contributed by atoms with Crippen molar-refractivity contribution < 1.29 is 14.0 Å². The summed E-state index contributed by atoms with van der Waals surface area (Å²) >= 11 is 0. The lowest BCUT2D eigenvalue weighted by Gasteiger charge is -2.23. The number of likely N-dealkylation sites (N-methyl/N-ethyl adjacent to an activating group) is 1. The number of benzene rings is 1. The smallest absolute Gasteiger partial charge is 0.253 e. The predicted molar refractivity (Wildman–Crippen MR) is 91.9 cm³/mol. The topological polar surface area (TPSA) is 65.8 Å². The van der Waals surface area contributed by atoms with Gasteiger partial charge < -0.3 is 19.5 Å². The van der Waals surface area contributed by atoms with E-state index in [2.05, 4.69) is 10.2 Å². The third-order valence-corrected chi connectivity index (χ3v) is 4.52. The second-order valence-electron chi connectivity index (χ2n) is 6.43. The molecule has 6 heteroatoms. The molecule has 1 aliphatic rings. The highest BCUT2D eigenvalue weighted by Gasteiger charge is 2.29. The molecule has 0 spiro atoms. The van der Waals surface area contributed by atoms with E-state index in [1.807, 2.05) is 32.2 Å². The van der Waals surface area contributed by atoms with Gasteiger partial charge in [0.25, 0.3) is 5.91 Å². The van der Waals surface area contributed by atoms with Gasteiger partial charge in [0.1, 0.15) is 11.3 Å². The number of aryl methyl sites for hydroxylation is 1. The molecular formula is C18H23N3O3. The SMILES string of the molecule is CNC(=O)[C@@H]1CN(C)CCN(C(=O)c2ccc3oc(C)cc3c2)C1. The van der Waals surface area contributed by atoms with Gasteiger partial charge in [-0.15, -0.1) is 0 Å². The Balaban J connectivity index is 1.84. The molecule has 1 aromatic carbocycles. The van der Waals surface area contributed by atoms with Crippen molar-refractivity contribution in [3.8, 4) is 0 Å². The fourth-order valence-corrected chi connectivity index (χ4v) is 3.22. The number of rotatable bonds is 2. The maximum Gasteiger partial charge on any atom is 0.253 e. The quantitative estimate of drug-likeness (QED) is 0.907. The van der Waals surface area contributed by atoms with Gasteiger partial charge in [0.15, 0.2) is 0 Å². The molecule has 1 atom stereocenters. The third kappa shape index (κ3) is 3.28. The summed E-state index contributed by atoms with van der Waals surface area (Å²) < 4.78 is 5.56. The van der Waals surface area contributed by atoms with Crippen LogP contribution in [0.4, 0.5) is 0 Å². The van der Waals surface area contributed by atoms with Crippen LogP contribution >= 0.6 is 0 Å². The van der Waals surface area contributed by atoms with Crippen molar-refractivity contribution in [2.75, 3.05) is 40.3 Å². The molecule has 0 aliphatic carbocycles. The van der Waals surface area contributed by atoms with E-state index >= 15 is 0 Å². The number of amides is 2. The van der Waals surface area contributed by atoms with Crippen LogP contribution in [0.2, 0.25) is 0 Å². The molecular weight excluding hydrogens is 306 g/mol. The summed E-state index contributed by atoms with van der Waals surface area (Å²) in [6, 6.07) is 7.40. The molecule has 1 fully saturated rings. The second-order valence-corrected chi connectivity index (χ2v) is 6.43. The van der Waals surface area contributed by atoms with E-state index < -0.39 is 0 Å². The summed E-state index contributed by atoms with van der Waals surface area (Å²) in [5.41, 5.74) is 1.41. The molecule has 2 amide bonds. The van der Waals surface area contributed by atoms with Gasteiger partial charge in [0.2, 0.25) is 5.91 Å². The molecule has 1 aliphatic heterocycles. The Kier molecular flexibility index (Phi) is 4.57. The Morgan fingerprint density at radius 2 is 2.00 bits per heavy atom. The Hall–Kier alpha value is -2.34. The average Bonchev–Trinajstić information content (AvgIpc) is 2.83. The standard InChI is InChI=1S/C18H23N3O3/c1-12-8-14-9-13(4-5-16(14)24-12)18(23)21-7-6-20(3)10-15(11-21)17(22)19-2/h4-5,8-9,15H,6-7,10-11H2,1-3H3,(H,19,22)/t15-/m1/s1. The van der Waals surface area contributed by atoms with Gasteiger partial charge in [0, 0.05) is 44.2 Å². The van der Waals surface area contributed by atoms with Crippen LogP contribution < -0.4 is 5.32 Å². The van der Waals surface area contributed by atoms with E-state index in [-0.39, 0.29) is 17.7 Å². The minimum absolute atomic E-state index is 0.0255. The van der Waals surface area contributed by atoms with E-state index in [4.69, 9.17) is 4.42 Å². The molecule has 2 heterocycles. The second kappa shape index (κ2) is 6.65. The molecule has 1 N–H and O–H groups in total. The zero-order chi connectivity index (χ0) is 17.3. The van der Waals surface area contributed by atoms with Crippen LogP contribution in [0.5, 0.6) is 0 Å². The van der Waals surface area contributed by atoms with Gasteiger partial charge in [-0.3, -0.25) is 9.59 Å². The molecule has 0 saturated carbocycles. The summed E-state index contributed by atoms with van der Waals surface area (Å²) in [4.78, 5) is 28.8. The molecule has 1 saturated heterocycles. The summed E-state index contributed by atoms with van der Waals surface area (Å²) in [6.07, 6.45) is 0. The first kappa shape index (κ1) is 16.5. The lowest BCUT2D eigenvalue weighted by atomic mass is 10.1. The molecule has 0 radical (unpaired) electrons. The van der Waals surface area contributed by atoms with Crippen LogP contribution in [-0.4, -0.2) is 61.9 Å². The van der Waals surface area contributed by atoms with Crippen molar-refractivity contribution in [1.29, 1.82) is 0 Å². The van der Waals surface area contributed by atoms with Gasteiger partial charge in [-0.2, -0.15) is 0 Å². The number of nitrogens with zero attached hydrogens (tertiary/aromatic N) is 2. The minimum Gasteiger partial charge on any atom is -0.461 e. The van der Waals surface area contributed by atoms with Crippen molar-refractivity contribution in [2.45, 2.75) is 6.92 Å². The highest BCUT2D eigenvalue weighted by atomic mass is 16.3. The molecule has 24 heavy (non-hydrogen) atoms. The maximum absolute atomic E-state index is 12.9. The number of hydrogen-bond donors (Lipinski definition) is 1. The highest BCUT2D eigenvalue weighted by molar-refractivity contribution is 5.98. The number of carbonyl (C=O) groups excluding carboxylic acids is 2. The molecule has 0 bridgehead atoms. The fourth-order valence-electron chi connectivity index (χ4n) is 3.22. The van der Waals surface area contributed by atoms with Crippen LogP contribution in [0.25, 0.3) is 11.0 Å². The van der Waals surface area contributed by atoms with Crippen LogP contribution in [0.15, 0.2) is 28.7 Å². The van der Waals surface area contributed by atoms with Gasteiger partial charge in [-0.1, -0.05) is 0 Å². The largest absolute Gasteiger partial charge is 0.461 e. The van der Waals surface area contributed by atoms with Gasteiger partial charge in [-0.05, 0) is 38.2 Å². The average molecular weight is 329 g/mol. The van der Waals surface area contributed by atoms with E-state index in [1.54, 1.807) is 18.0 Å². The first-order valence-electron chi connectivity index (χ1n) is 8.17. The highest BCUT2D eigenvalue weighted by Crippen LogP contribution is 2.21. The Labute approximate surface area is 141 Å². The summed E-state index contributed by atoms with van der Waals surface area (Å²) in [5, 5.41) is 3.62. The number of fused-ring (bicyclic) bond motifs is 1. The third-order valence-electron chi connectivity index (χ3n) is 4.52. The van der Waals surface area contributed by atoms with Crippen molar-refractivity contribution in [2.24, 2.45) is 5.92 Å². The Morgan fingerprint density at radius 1 is 1.21 bits per heavy atom. The van der Waals surface area contributed by atoms with E-state index in [0.717, 1.165) is 23.3 Å². The molecule has 3 rings (SSSR count). The summed E-state index contributed by atoms with van der Waals surface area (Å²) in [5.74, 6) is 0.541. The number of nitrogens with one attached hydrogen (secondary N) is 1. The lowest BCUT2D eigenvalue weighted by Crippen LogP contribution is -2.41. The van der Waals surface area contributed by atoms with Gasteiger partial charge in [-0.25, -0.2) is 0 Å². The van der Waals surface area contributed by atoms with Gasteiger partial charge in [0.05, 0.1) is 5.92 Å². The van der Waals surface area contributed by atoms with E-state index in [0.29, 0.717) is 25.2 Å². The van der Waals surface area contributed by atoms with Crippen LogP contribution in [0, 0.1) is 12.8 Å². The van der Waals surface area contributed by atoms with Crippen molar-refractivity contribution in [3.05, 3.63) is 35.6 Å². The molecule has 2 aromatic rings. The minimum atomic E-state index is -0.216. The first-order valence-corrected chi connectivity index (χ1v) is 8.17. The number of carbonyl (C=O) groups is 2. The van der Waals surface area contributed by atoms with Gasteiger partial charge >= 0.3 is 0 Å². The number of hydrogen-bond acceptors (Lipinski definition) is 4. The van der Waals surface area contributed by atoms with Crippen molar-refractivity contribution in [3.63, 3.8) is 0 Å². The van der Waals surface area contributed by atoms with Crippen LogP contribution in [-0.2, 0) is 4.79 Å². The van der Waals surface area contributed by atoms with Crippen LogP contribution in [0.3, 0.4) is 0 Å². The molecule has 128 valence electrons. The Morgan fingerprint density at radius 3 is 2.75 bits per heavy atom. The zero-order valence-corrected chi connectivity index (χ0v) is 14.3. The fraction of sp³-hybridized carbons (Fsp3) is 0.444. The van der Waals surface area contributed by atoms with Crippen molar-refractivity contribution in [1.82, 2.24) is 15.1 Å².